The average molecular weight is 351 g/mol. The summed E-state index contributed by atoms with van der Waals surface area (Å²) in [6, 6.07) is 7.31. The van der Waals surface area contributed by atoms with Gasteiger partial charge < -0.3 is 14.7 Å². The molecule has 0 radical (unpaired) electrons. The van der Waals surface area contributed by atoms with Crippen molar-refractivity contribution < 1.29 is 19.5 Å². The van der Waals surface area contributed by atoms with Crippen LogP contribution < -0.4 is 4.74 Å². The van der Waals surface area contributed by atoms with Crippen LogP contribution in [0.5, 0.6) is 5.75 Å². The summed E-state index contributed by atoms with van der Waals surface area (Å²) in [5, 5.41) is 10.9. The Kier molecular flexibility index (Phi) is 13.7. The van der Waals surface area contributed by atoms with E-state index in [4.69, 9.17) is 9.84 Å². The number of rotatable bonds is 11. The smallest absolute Gasteiger partial charge is 0.328 e. The average Bonchev–Trinajstić information content (AvgIpc) is 2.59. The van der Waals surface area contributed by atoms with Crippen molar-refractivity contribution in [2.75, 3.05) is 6.61 Å². The Hall–Kier alpha value is -2.37. The summed E-state index contributed by atoms with van der Waals surface area (Å²) in [6.45, 7) is 6.50. The van der Waals surface area contributed by atoms with E-state index < -0.39 is 5.97 Å². The molecule has 1 rings (SSSR count). The molecule has 0 saturated heterocycles. The number of hydrogen-bond donors (Lipinski definition) is 1. The number of nitrogens with zero attached hydrogens (tertiary/aromatic N) is 1. The van der Waals surface area contributed by atoms with Crippen molar-refractivity contribution in [1.82, 2.24) is 0 Å². The predicted octanol–water partition coefficient (Wildman–Crippen LogP) is 5.23. The van der Waals surface area contributed by atoms with Gasteiger partial charge >= 0.3 is 5.97 Å². The number of para-hydroxylation sites is 1. The molecule has 0 aliphatic heterocycles. The highest BCUT2D eigenvalue weighted by Gasteiger charge is 2.01. The van der Waals surface area contributed by atoms with Crippen LogP contribution in [-0.2, 0) is 9.63 Å². The van der Waals surface area contributed by atoms with Gasteiger partial charge in [0, 0.05) is 11.6 Å². The van der Waals surface area contributed by atoms with Crippen LogP contribution >= 0.6 is 0 Å². The van der Waals surface area contributed by atoms with Crippen molar-refractivity contribution in [3.05, 3.63) is 40.8 Å². The minimum absolute atomic E-state index is 0.00986. The summed E-state index contributed by atoms with van der Waals surface area (Å²) in [4.78, 5) is 24.4. The molecule has 25 heavy (non-hydrogen) atoms. The second kappa shape index (κ2) is 15.2. The van der Waals surface area contributed by atoms with Crippen LogP contribution in [0.2, 0.25) is 0 Å². The molecular formula is C19H29NO5. The Labute approximate surface area is 149 Å². The number of carboxylic acid groups (broad SMARTS) is 1. The lowest BCUT2D eigenvalue weighted by Crippen LogP contribution is -2.02. The van der Waals surface area contributed by atoms with Crippen molar-refractivity contribution in [3.63, 3.8) is 0 Å². The van der Waals surface area contributed by atoms with Gasteiger partial charge in [-0.15, -0.1) is 4.91 Å². The van der Waals surface area contributed by atoms with Gasteiger partial charge in [-0.1, -0.05) is 44.4 Å². The molecule has 0 saturated carbocycles. The predicted molar refractivity (Wildman–Crippen MR) is 99.4 cm³/mol. The summed E-state index contributed by atoms with van der Waals surface area (Å²) >= 11 is 0. The van der Waals surface area contributed by atoms with Crippen molar-refractivity contribution in [2.45, 2.75) is 59.0 Å². The zero-order chi connectivity index (χ0) is 18.9. The first-order valence-electron chi connectivity index (χ1n) is 8.66. The quantitative estimate of drug-likeness (QED) is 0.255. The fraction of sp³-hybridized carbons (Fsp3) is 0.526. The van der Waals surface area contributed by atoms with Crippen molar-refractivity contribution in [3.8, 4) is 5.75 Å². The monoisotopic (exact) mass is 351 g/mol. The lowest BCUT2D eigenvalue weighted by molar-refractivity contribution is -0.131. The fourth-order valence-corrected chi connectivity index (χ4v) is 2.05. The molecule has 1 atom stereocenters. The van der Waals surface area contributed by atoms with Crippen LogP contribution in [0, 0.1) is 4.91 Å². The van der Waals surface area contributed by atoms with Crippen molar-refractivity contribution in [2.24, 2.45) is 5.34 Å². The van der Waals surface area contributed by atoms with E-state index in [1.807, 2.05) is 38.1 Å². The molecule has 6 nitrogen and oxygen atoms in total. The third kappa shape index (κ3) is 12.7. The Bertz CT molecular complexity index is 516. The van der Waals surface area contributed by atoms with Crippen molar-refractivity contribution >= 4 is 12.0 Å². The molecule has 0 aromatic heterocycles. The van der Waals surface area contributed by atoms with E-state index in [0.29, 0.717) is 12.4 Å². The lowest BCUT2D eigenvalue weighted by atomic mass is 10.1. The number of ether oxygens (including phenoxy) is 1. The first kappa shape index (κ1) is 22.6. The molecule has 0 spiro atoms. The van der Waals surface area contributed by atoms with Gasteiger partial charge in [0.2, 0.25) is 0 Å². The SMILES string of the molecule is CCCCCCC(C)ON=O.CCOc1ccccc1C=CC(=O)O. The molecule has 6 heteroatoms. The number of unbranched alkanes of at least 4 members (excludes halogenated alkanes) is 3. The molecule has 0 heterocycles. The number of aliphatic carboxylic acids is 1. The minimum atomic E-state index is -0.962. The summed E-state index contributed by atoms with van der Waals surface area (Å²) in [6.07, 6.45) is 8.40. The molecule has 1 N–H and O–H groups in total. The van der Waals surface area contributed by atoms with Gasteiger partial charge in [0.25, 0.3) is 0 Å². The zero-order valence-electron chi connectivity index (χ0n) is 15.3. The summed E-state index contributed by atoms with van der Waals surface area (Å²) < 4.78 is 5.33. The molecular weight excluding hydrogens is 322 g/mol. The van der Waals surface area contributed by atoms with E-state index in [1.54, 1.807) is 0 Å². The van der Waals surface area contributed by atoms with Gasteiger partial charge in [-0.2, -0.15) is 0 Å². The fourth-order valence-electron chi connectivity index (χ4n) is 2.05. The van der Waals surface area contributed by atoms with Gasteiger partial charge in [-0.25, -0.2) is 4.79 Å². The van der Waals surface area contributed by atoms with E-state index in [-0.39, 0.29) is 6.10 Å². The molecule has 0 aliphatic rings. The number of benzene rings is 1. The molecule has 0 fully saturated rings. The summed E-state index contributed by atoms with van der Waals surface area (Å²) in [5.41, 5.74) is 0.775. The molecule has 1 aromatic carbocycles. The maximum absolute atomic E-state index is 10.3. The molecule has 0 aliphatic carbocycles. The standard InChI is InChI=1S/C11H12O3.C8H17NO2/c1-2-14-10-6-4-3-5-9(10)7-8-11(12)13;1-3-4-5-6-7-8(2)11-9-10/h3-8H,2H2,1H3,(H,12,13);8H,3-7H2,1-2H3. The van der Waals surface area contributed by atoms with Crippen LogP contribution in [0.1, 0.15) is 58.4 Å². The van der Waals surface area contributed by atoms with Crippen LogP contribution in [-0.4, -0.2) is 23.8 Å². The van der Waals surface area contributed by atoms with Crippen LogP contribution in [0.25, 0.3) is 6.08 Å². The van der Waals surface area contributed by atoms with Crippen LogP contribution in [0.15, 0.2) is 35.7 Å². The Balaban J connectivity index is 0.000000477. The molecule has 140 valence electrons. The summed E-state index contributed by atoms with van der Waals surface area (Å²) in [5.74, 6) is -0.260. The number of carboxylic acids is 1. The first-order chi connectivity index (χ1) is 12.0. The minimum Gasteiger partial charge on any atom is -0.493 e. The van der Waals surface area contributed by atoms with Crippen molar-refractivity contribution in [1.29, 1.82) is 0 Å². The third-order valence-electron chi connectivity index (χ3n) is 3.31. The van der Waals surface area contributed by atoms with Gasteiger partial charge in [0.15, 0.2) is 5.34 Å². The molecule has 0 amide bonds. The normalized spacial score (nSPS) is 11.3. The topological polar surface area (TPSA) is 85.2 Å². The lowest BCUT2D eigenvalue weighted by Gasteiger charge is -2.05. The highest BCUT2D eigenvalue weighted by molar-refractivity contribution is 5.85. The third-order valence-corrected chi connectivity index (χ3v) is 3.31. The van der Waals surface area contributed by atoms with Crippen LogP contribution in [0.3, 0.4) is 0 Å². The Morgan fingerprint density at radius 2 is 1.96 bits per heavy atom. The second-order valence-corrected chi connectivity index (χ2v) is 5.48. The number of hydrogen-bond acceptors (Lipinski definition) is 5. The highest BCUT2D eigenvalue weighted by Crippen LogP contribution is 2.19. The first-order valence-corrected chi connectivity index (χ1v) is 8.66. The van der Waals surface area contributed by atoms with Gasteiger partial charge in [-0.05, 0) is 38.8 Å². The van der Waals surface area contributed by atoms with Gasteiger partial charge in [-0.3, -0.25) is 0 Å². The molecule has 1 unspecified atom stereocenters. The molecule has 0 bridgehead atoms. The molecule has 1 aromatic rings. The maximum atomic E-state index is 10.3. The van der Waals surface area contributed by atoms with Crippen LogP contribution in [0.4, 0.5) is 0 Å². The largest absolute Gasteiger partial charge is 0.493 e. The van der Waals surface area contributed by atoms with Gasteiger partial charge in [0.1, 0.15) is 11.9 Å². The zero-order valence-corrected chi connectivity index (χ0v) is 15.3. The highest BCUT2D eigenvalue weighted by atomic mass is 16.7. The number of carbonyl (C=O) groups is 1. The van der Waals surface area contributed by atoms with E-state index in [2.05, 4.69) is 17.1 Å². The second-order valence-electron chi connectivity index (χ2n) is 5.48. The summed E-state index contributed by atoms with van der Waals surface area (Å²) in [7, 11) is 0. The maximum Gasteiger partial charge on any atom is 0.328 e. The van der Waals surface area contributed by atoms with Gasteiger partial charge in [0.05, 0.1) is 6.61 Å². The van der Waals surface area contributed by atoms with E-state index in [1.165, 1.54) is 25.3 Å². The van der Waals surface area contributed by atoms with E-state index in [9.17, 15) is 9.70 Å². The Morgan fingerprint density at radius 3 is 2.56 bits per heavy atom. The van der Waals surface area contributed by atoms with E-state index in [0.717, 1.165) is 24.5 Å². The van der Waals surface area contributed by atoms with E-state index >= 15 is 0 Å². The Morgan fingerprint density at radius 1 is 1.24 bits per heavy atom.